The van der Waals surface area contributed by atoms with Gasteiger partial charge < -0.3 is 0 Å². The molecule has 21 heavy (non-hydrogen) atoms. The van der Waals surface area contributed by atoms with Gasteiger partial charge in [0, 0.05) is 0 Å². The van der Waals surface area contributed by atoms with Crippen molar-refractivity contribution in [3.05, 3.63) is 82.4 Å². The number of aryl methyl sites for hydroxylation is 3. The highest BCUT2D eigenvalue weighted by Gasteiger charge is 2.19. The molecule has 0 aromatic heterocycles. The van der Waals surface area contributed by atoms with Gasteiger partial charge in [-0.05, 0) is 59.4 Å². The van der Waals surface area contributed by atoms with Crippen molar-refractivity contribution < 1.29 is 0 Å². The lowest BCUT2D eigenvalue weighted by Gasteiger charge is -2.20. The van der Waals surface area contributed by atoms with Crippen LogP contribution in [-0.2, 0) is 0 Å². The third kappa shape index (κ3) is 2.51. The summed E-state index contributed by atoms with van der Waals surface area (Å²) in [5.74, 6) is 0. The van der Waals surface area contributed by atoms with E-state index in [1.807, 2.05) is 0 Å². The number of alkyl halides is 1. The normalized spacial score (nSPS) is 12.6. The van der Waals surface area contributed by atoms with Crippen molar-refractivity contribution in [1.29, 1.82) is 0 Å². The summed E-state index contributed by atoms with van der Waals surface area (Å²) in [6.07, 6.45) is 0. The molecular weight excluding hydrogens is 320 g/mol. The molecule has 0 amide bonds. The van der Waals surface area contributed by atoms with Gasteiger partial charge in [0.1, 0.15) is 0 Å². The fourth-order valence-electron chi connectivity index (χ4n) is 3.11. The van der Waals surface area contributed by atoms with Crippen molar-refractivity contribution in [2.75, 3.05) is 0 Å². The van der Waals surface area contributed by atoms with Crippen molar-refractivity contribution in [3.8, 4) is 0 Å². The minimum absolute atomic E-state index is 0.227. The monoisotopic (exact) mass is 338 g/mol. The number of benzene rings is 3. The van der Waals surface area contributed by atoms with Crippen LogP contribution in [0.25, 0.3) is 10.8 Å². The minimum Gasteiger partial charge on any atom is -0.0786 e. The van der Waals surface area contributed by atoms with E-state index in [9.17, 15) is 0 Å². The molecule has 0 nitrogen and oxygen atoms in total. The molecule has 1 heteroatoms. The molecule has 1 unspecified atom stereocenters. The molecule has 3 aromatic rings. The predicted octanol–water partition coefficient (Wildman–Crippen LogP) is 6.25. The minimum atomic E-state index is 0.227. The second-order valence-electron chi connectivity index (χ2n) is 5.69. The van der Waals surface area contributed by atoms with Gasteiger partial charge in [-0.2, -0.15) is 0 Å². The first-order chi connectivity index (χ1) is 10.1. The lowest BCUT2D eigenvalue weighted by molar-refractivity contribution is 1.10. The third-order valence-corrected chi connectivity index (χ3v) is 5.15. The van der Waals surface area contributed by atoms with Gasteiger partial charge in [-0.1, -0.05) is 70.5 Å². The van der Waals surface area contributed by atoms with Gasteiger partial charge in [0.15, 0.2) is 0 Å². The van der Waals surface area contributed by atoms with E-state index in [0.717, 1.165) is 0 Å². The van der Waals surface area contributed by atoms with Crippen molar-refractivity contribution in [2.24, 2.45) is 0 Å². The molecule has 0 spiro atoms. The van der Waals surface area contributed by atoms with Gasteiger partial charge in [-0.3, -0.25) is 0 Å². The van der Waals surface area contributed by atoms with E-state index in [2.05, 4.69) is 91.3 Å². The van der Waals surface area contributed by atoms with Crippen LogP contribution in [0.15, 0.2) is 54.6 Å². The Labute approximate surface area is 134 Å². The maximum Gasteiger partial charge on any atom is 0.0658 e. The van der Waals surface area contributed by atoms with E-state index >= 15 is 0 Å². The molecule has 0 radical (unpaired) electrons. The van der Waals surface area contributed by atoms with Crippen LogP contribution in [0, 0.1) is 20.8 Å². The molecule has 106 valence electrons. The van der Waals surface area contributed by atoms with E-state index in [-0.39, 0.29) is 4.83 Å². The summed E-state index contributed by atoms with van der Waals surface area (Å²) < 4.78 is 0. The van der Waals surface area contributed by atoms with Gasteiger partial charge in [0.25, 0.3) is 0 Å². The molecule has 3 rings (SSSR count). The Kier molecular flexibility index (Phi) is 3.86. The summed E-state index contributed by atoms with van der Waals surface area (Å²) in [6.45, 7) is 6.58. The highest BCUT2D eigenvalue weighted by Crippen LogP contribution is 2.40. The van der Waals surface area contributed by atoms with Gasteiger partial charge >= 0.3 is 0 Å². The van der Waals surface area contributed by atoms with E-state index in [0.29, 0.717) is 0 Å². The van der Waals surface area contributed by atoms with E-state index in [1.54, 1.807) is 0 Å². The molecule has 0 aliphatic rings. The van der Waals surface area contributed by atoms with Crippen LogP contribution in [0.2, 0.25) is 0 Å². The van der Waals surface area contributed by atoms with Crippen LogP contribution in [0.3, 0.4) is 0 Å². The molecule has 0 bridgehead atoms. The Morgan fingerprint density at radius 2 is 1.29 bits per heavy atom. The zero-order valence-electron chi connectivity index (χ0n) is 12.7. The van der Waals surface area contributed by atoms with Gasteiger partial charge in [-0.25, -0.2) is 0 Å². The second-order valence-corrected chi connectivity index (χ2v) is 6.60. The molecule has 3 aromatic carbocycles. The summed E-state index contributed by atoms with van der Waals surface area (Å²) in [4.78, 5) is 0.227. The average molecular weight is 339 g/mol. The molecule has 0 heterocycles. The summed E-state index contributed by atoms with van der Waals surface area (Å²) in [6, 6.07) is 19.6. The molecule has 0 saturated heterocycles. The molecular formula is C20H19Br. The van der Waals surface area contributed by atoms with E-state index < -0.39 is 0 Å². The van der Waals surface area contributed by atoms with Crippen molar-refractivity contribution in [3.63, 3.8) is 0 Å². The SMILES string of the molecule is Cc1cccc(C)c1C(Br)c1c(C)ccc2ccccc12. The molecule has 1 atom stereocenters. The Hall–Kier alpha value is -1.60. The Morgan fingerprint density at radius 3 is 2.00 bits per heavy atom. The first kappa shape index (κ1) is 14.3. The second kappa shape index (κ2) is 5.65. The van der Waals surface area contributed by atoms with E-state index in [1.165, 1.54) is 38.6 Å². The van der Waals surface area contributed by atoms with Crippen LogP contribution in [-0.4, -0.2) is 0 Å². The van der Waals surface area contributed by atoms with Crippen molar-refractivity contribution in [2.45, 2.75) is 25.6 Å². The average Bonchev–Trinajstić information content (AvgIpc) is 2.46. The summed E-state index contributed by atoms with van der Waals surface area (Å²) in [5.41, 5.74) is 6.77. The van der Waals surface area contributed by atoms with Gasteiger partial charge in [0.05, 0.1) is 4.83 Å². The fourth-order valence-corrected chi connectivity index (χ4v) is 4.44. The maximum atomic E-state index is 3.97. The number of halogens is 1. The Balaban J connectivity index is 2.27. The molecule has 0 fully saturated rings. The highest BCUT2D eigenvalue weighted by atomic mass is 79.9. The van der Waals surface area contributed by atoms with Crippen LogP contribution < -0.4 is 0 Å². The summed E-state index contributed by atoms with van der Waals surface area (Å²) in [7, 11) is 0. The Morgan fingerprint density at radius 1 is 0.667 bits per heavy atom. The molecule has 0 saturated carbocycles. The first-order valence-corrected chi connectivity index (χ1v) is 8.19. The van der Waals surface area contributed by atoms with Crippen LogP contribution in [0.5, 0.6) is 0 Å². The number of hydrogen-bond donors (Lipinski definition) is 0. The molecule has 0 N–H and O–H groups in total. The quantitative estimate of drug-likeness (QED) is 0.484. The highest BCUT2D eigenvalue weighted by molar-refractivity contribution is 9.09. The zero-order chi connectivity index (χ0) is 15.0. The van der Waals surface area contributed by atoms with Crippen LogP contribution >= 0.6 is 15.9 Å². The number of rotatable bonds is 2. The lowest BCUT2D eigenvalue weighted by atomic mass is 9.90. The molecule has 0 aliphatic heterocycles. The lowest BCUT2D eigenvalue weighted by Crippen LogP contribution is -2.02. The number of fused-ring (bicyclic) bond motifs is 1. The van der Waals surface area contributed by atoms with Crippen molar-refractivity contribution in [1.82, 2.24) is 0 Å². The largest absolute Gasteiger partial charge is 0.0786 e. The van der Waals surface area contributed by atoms with E-state index in [4.69, 9.17) is 0 Å². The van der Waals surface area contributed by atoms with Crippen LogP contribution in [0.1, 0.15) is 32.6 Å². The smallest absolute Gasteiger partial charge is 0.0658 e. The van der Waals surface area contributed by atoms with Gasteiger partial charge in [0.2, 0.25) is 0 Å². The third-order valence-electron chi connectivity index (χ3n) is 4.24. The fraction of sp³-hybridized carbons (Fsp3) is 0.200. The van der Waals surface area contributed by atoms with Crippen LogP contribution in [0.4, 0.5) is 0 Å². The predicted molar refractivity (Wildman–Crippen MR) is 95.4 cm³/mol. The maximum absolute atomic E-state index is 3.97. The zero-order valence-corrected chi connectivity index (χ0v) is 14.2. The summed E-state index contributed by atoms with van der Waals surface area (Å²) in [5, 5.41) is 2.64. The standard InChI is InChI=1S/C20H19Br/c1-13-7-6-8-14(2)18(13)20(21)19-15(3)11-12-16-9-4-5-10-17(16)19/h4-12,20H,1-3H3. The van der Waals surface area contributed by atoms with Crippen molar-refractivity contribution >= 4 is 26.7 Å². The first-order valence-electron chi connectivity index (χ1n) is 7.28. The van der Waals surface area contributed by atoms with Gasteiger partial charge in [-0.15, -0.1) is 0 Å². The topological polar surface area (TPSA) is 0 Å². The Bertz CT molecular complexity index is 782. The molecule has 0 aliphatic carbocycles. The number of hydrogen-bond acceptors (Lipinski definition) is 0. The summed E-state index contributed by atoms with van der Waals surface area (Å²) >= 11 is 3.97.